The van der Waals surface area contributed by atoms with E-state index in [1.54, 1.807) is 11.8 Å². The summed E-state index contributed by atoms with van der Waals surface area (Å²) < 4.78 is 0. The topological polar surface area (TPSA) is 62.5 Å². The molecule has 0 bridgehead atoms. The SMILES string of the molecule is N#Cc1ccc2c(c1)C1(c3ccccc3Sc3ccc(-c4nc(-c5ccccc5)nc(-c5cccc(-c6ccccc6)c5)n4)cc31)c1ccccc1-2. The predicted molar refractivity (Wildman–Crippen MR) is 208 cm³/mol. The average Bonchev–Trinajstić information content (AvgIpc) is 3.51. The molecule has 2 aliphatic rings. The summed E-state index contributed by atoms with van der Waals surface area (Å²) in [6, 6.07) is 61.4. The summed E-state index contributed by atoms with van der Waals surface area (Å²) in [5.74, 6) is 1.84. The smallest absolute Gasteiger partial charge is 0.164 e. The van der Waals surface area contributed by atoms with Crippen LogP contribution in [0.1, 0.15) is 27.8 Å². The molecule has 1 atom stereocenters. The van der Waals surface area contributed by atoms with Gasteiger partial charge in [0.15, 0.2) is 17.5 Å². The van der Waals surface area contributed by atoms with E-state index in [1.807, 2.05) is 42.5 Å². The lowest BCUT2D eigenvalue weighted by atomic mass is 9.67. The van der Waals surface area contributed by atoms with E-state index in [4.69, 9.17) is 15.0 Å². The molecule has 1 aromatic heterocycles. The third-order valence-corrected chi connectivity index (χ3v) is 11.4. The molecule has 1 aliphatic heterocycles. The average molecular weight is 681 g/mol. The summed E-state index contributed by atoms with van der Waals surface area (Å²) in [6.07, 6.45) is 0. The molecule has 10 rings (SSSR count). The normalized spacial score (nSPS) is 14.9. The highest BCUT2D eigenvalue weighted by atomic mass is 32.2. The lowest BCUT2D eigenvalue weighted by Gasteiger charge is -2.40. The van der Waals surface area contributed by atoms with Crippen LogP contribution < -0.4 is 0 Å². The summed E-state index contributed by atoms with van der Waals surface area (Å²) in [5, 5.41) is 10.1. The molecule has 0 saturated carbocycles. The molecule has 0 amide bonds. The first-order valence-electron chi connectivity index (χ1n) is 17.2. The Morgan fingerprint density at radius 1 is 0.404 bits per heavy atom. The zero-order valence-corrected chi connectivity index (χ0v) is 28.7. The van der Waals surface area contributed by atoms with Gasteiger partial charge in [-0.15, -0.1) is 0 Å². The van der Waals surface area contributed by atoms with Gasteiger partial charge in [0.2, 0.25) is 0 Å². The highest BCUT2D eigenvalue weighted by molar-refractivity contribution is 7.99. The Balaban J connectivity index is 1.22. The van der Waals surface area contributed by atoms with Crippen LogP contribution in [0.5, 0.6) is 0 Å². The Hall–Kier alpha value is -6.61. The molecule has 0 radical (unpaired) electrons. The van der Waals surface area contributed by atoms with E-state index in [0.717, 1.165) is 44.5 Å². The van der Waals surface area contributed by atoms with E-state index in [2.05, 4.69) is 133 Å². The predicted octanol–water partition coefficient (Wildman–Crippen LogP) is 11.2. The minimum Gasteiger partial charge on any atom is -0.208 e. The van der Waals surface area contributed by atoms with Gasteiger partial charge in [-0.3, -0.25) is 0 Å². The molecule has 1 spiro atoms. The Kier molecular flexibility index (Phi) is 6.99. The quantitative estimate of drug-likeness (QED) is 0.185. The second kappa shape index (κ2) is 12.0. The number of hydrogen-bond acceptors (Lipinski definition) is 5. The standard InChI is InChI=1S/C47H28N4S/c48-29-30-22-24-37-36-18-7-8-19-38(36)47(40(37)26-30)39-20-9-10-21-42(39)52-43-25-23-35(28-41(43)47)46-50-44(32-14-5-2-6-15-32)49-45(51-46)34-17-11-16-33(27-34)31-12-3-1-4-13-31/h1-28H. The van der Waals surface area contributed by atoms with Gasteiger partial charge in [0.1, 0.15) is 0 Å². The van der Waals surface area contributed by atoms with Gasteiger partial charge in [0.05, 0.1) is 17.0 Å². The molecular weight excluding hydrogens is 653 g/mol. The van der Waals surface area contributed by atoms with Gasteiger partial charge in [-0.25, -0.2) is 15.0 Å². The van der Waals surface area contributed by atoms with Crippen molar-refractivity contribution in [3.63, 3.8) is 0 Å². The van der Waals surface area contributed by atoms with Gasteiger partial charge in [-0.2, -0.15) is 5.26 Å². The summed E-state index contributed by atoms with van der Waals surface area (Å²) in [7, 11) is 0. The van der Waals surface area contributed by atoms with E-state index in [1.165, 1.54) is 26.5 Å². The molecule has 0 saturated heterocycles. The molecule has 8 aromatic rings. The maximum Gasteiger partial charge on any atom is 0.164 e. The van der Waals surface area contributed by atoms with Gasteiger partial charge in [-0.05, 0) is 80.9 Å². The minimum atomic E-state index is -0.631. The Labute approximate surface area is 306 Å². The van der Waals surface area contributed by atoms with Crippen LogP contribution in [-0.4, -0.2) is 15.0 Å². The van der Waals surface area contributed by atoms with Crippen LogP contribution in [0.25, 0.3) is 56.4 Å². The van der Waals surface area contributed by atoms with E-state index in [0.29, 0.717) is 23.0 Å². The first kappa shape index (κ1) is 30.2. The van der Waals surface area contributed by atoms with Crippen LogP contribution in [0.3, 0.4) is 0 Å². The number of nitriles is 1. The zero-order valence-electron chi connectivity index (χ0n) is 27.9. The summed E-state index contributed by atoms with van der Waals surface area (Å²) in [4.78, 5) is 17.7. The number of hydrogen-bond donors (Lipinski definition) is 0. The molecule has 1 unspecified atom stereocenters. The van der Waals surface area contributed by atoms with Crippen molar-refractivity contribution in [3.05, 3.63) is 198 Å². The maximum atomic E-state index is 10.1. The Morgan fingerprint density at radius 3 is 1.75 bits per heavy atom. The molecular formula is C47H28N4S. The highest BCUT2D eigenvalue weighted by Gasteiger charge is 2.50. The highest BCUT2D eigenvalue weighted by Crippen LogP contribution is 2.62. The Morgan fingerprint density at radius 2 is 0.981 bits per heavy atom. The largest absolute Gasteiger partial charge is 0.208 e. The first-order chi connectivity index (χ1) is 25.7. The number of fused-ring (bicyclic) bond motifs is 9. The van der Waals surface area contributed by atoms with Crippen molar-refractivity contribution >= 4 is 11.8 Å². The Bertz CT molecular complexity index is 2740. The lowest BCUT2D eigenvalue weighted by molar-refractivity contribution is 0.722. The molecule has 0 N–H and O–H groups in total. The van der Waals surface area contributed by atoms with Crippen molar-refractivity contribution in [2.45, 2.75) is 15.2 Å². The van der Waals surface area contributed by atoms with Crippen molar-refractivity contribution in [3.8, 4) is 62.5 Å². The van der Waals surface area contributed by atoms with Crippen LogP contribution >= 0.6 is 11.8 Å². The van der Waals surface area contributed by atoms with Crippen molar-refractivity contribution in [2.24, 2.45) is 0 Å². The van der Waals surface area contributed by atoms with Crippen molar-refractivity contribution in [2.75, 3.05) is 0 Å². The molecule has 7 aromatic carbocycles. The van der Waals surface area contributed by atoms with Crippen molar-refractivity contribution < 1.29 is 0 Å². The molecule has 1 aliphatic carbocycles. The molecule has 52 heavy (non-hydrogen) atoms. The van der Waals surface area contributed by atoms with Crippen LogP contribution in [0, 0.1) is 11.3 Å². The second-order valence-corrected chi connectivity index (χ2v) is 14.2. The van der Waals surface area contributed by atoms with E-state index in [9.17, 15) is 5.26 Å². The monoisotopic (exact) mass is 680 g/mol. The van der Waals surface area contributed by atoms with Gasteiger partial charge in [-0.1, -0.05) is 145 Å². The van der Waals surface area contributed by atoms with Crippen LogP contribution in [0.15, 0.2) is 180 Å². The second-order valence-electron chi connectivity index (χ2n) is 13.1. The lowest BCUT2D eigenvalue weighted by Crippen LogP contribution is -2.32. The van der Waals surface area contributed by atoms with E-state index < -0.39 is 5.41 Å². The number of benzene rings is 7. The third-order valence-electron chi connectivity index (χ3n) is 10.2. The van der Waals surface area contributed by atoms with E-state index >= 15 is 0 Å². The van der Waals surface area contributed by atoms with E-state index in [-0.39, 0.29) is 0 Å². The number of aromatic nitrogens is 3. The first-order valence-corrected chi connectivity index (χ1v) is 18.1. The molecule has 242 valence electrons. The molecule has 5 heteroatoms. The van der Waals surface area contributed by atoms with Crippen molar-refractivity contribution in [1.29, 1.82) is 5.26 Å². The van der Waals surface area contributed by atoms with Crippen LogP contribution in [-0.2, 0) is 5.41 Å². The van der Waals surface area contributed by atoms with Gasteiger partial charge < -0.3 is 0 Å². The molecule has 2 heterocycles. The van der Waals surface area contributed by atoms with Crippen LogP contribution in [0.2, 0.25) is 0 Å². The van der Waals surface area contributed by atoms with Gasteiger partial charge in [0.25, 0.3) is 0 Å². The molecule has 0 fully saturated rings. The van der Waals surface area contributed by atoms with Crippen molar-refractivity contribution in [1.82, 2.24) is 15.0 Å². The fourth-order valence-corrected chi connectivity index (χ4v) is 9.10. The van der Waals surface area contributed by atoms with Gasteiger partial charge in [0, 0.05) is 26.5 Å². The van der Waals surface area contributed by atoms with Gasteiger partial charge >= 0.3 is 0 Å². The fourth-order valence-electron chi connectivity index (χ4n) is 7.93. The zero-order chi connectivity index (χ0) is 34.6. The van der Waals surface area contributed by atoms with Crippen LogP contribution in [0.4, 0.5) is 0 Å². The number of rotatable bonds is 4. The summed E-state index contributed by atoms with van der Waals surface area (Å²) in [5.41, 5.74) is 12.0. The molecule has 4 nitrogen and oxygen atoms in total. The summed E-state index contributed by atoms with van der Waals surface area (Å²) >= 11 is 1.79. The fraction of sp³-hybridized carbons (Fsp3) is 0.0213. The third kappa shape index (κ3) is 4.66. The maximum absolute atomic E-state index is 10.1. The minimum absolute atomic E-state index is 0.605. The summed E-state index contributed by atoms with van der Waals surface area (Å²) in [6.45, 7) is 0. The number of nitrogens with zero attached hydrogens (tertiary/aromatic N) is 4.